The van der Waals surface area contributed by atoms with Crippen molar-refractivity contribution < 1.29 is 9.53 Å². The zero-order valence-corrected chi connectivity index (χ0v) is 17.2. The number of amides is 1. The highest BCUT2D eigenvalue weighted by Crippen LogP contribution is 2.30. The molecule has 1 fully saturated rings. The third-order valence-electron chi connectivity index (χ3n) is 5.76. The molecule has 2 heterocycles. The summed E-state index contributed by atoms with van der Waals surface area (Å²) in [4.78, 5) is 16.1. The van der Waals surface area contributed by atoms with Gasteiger partial charge in [-0.3, -0.25) is 4.79 Å². The molecule has 4 N–H and O–H groups in total. The van der Waals surface area contributed by atoms with Crippen molar-refractivity contribution in [3.63, 3.8) is 0 Å². The molecule has 1 aromatic heterocycles. The van der Waals surface area contributed by atoms with Gasteiger partial charge in [0.2, 0.25) is 5.91 Å². The van der Waals surface area contributed by atoms with Gasteiger partial charge in [0.05, 0.1) is 6.04 Å². The molecule has 3 aromatic rings. The Morgan fingerprint density at radius 3 is 2.55 bits per heavy atom. The second kappa shape index (κ2) is 9.92. The number of nitrogens with two attached hydrogens (primary N) is 1. The lowest BCUT2D eigenvalue weighted by molar-refractivity contribution is -0.124. The van der Waals surface area contributed by atoms with Gasteiger partial charge in [0, 0.05) is 42.8 Å². The molecule has 0 spiro atoms. The Kier molecular flexibility index (Phi) is 7.31. The number of carbonyl (C=O) groups excluding carboxylic acids is 1. The standard InChI is InChI=1S/C23H27N3O2.ClH/c24-22(17-10-12-28-13-11-17)23(27)26-14-19(16-6-2-1-3-7-16)20-15-25-21-9-5-4-8-18(20)21;/h1-9,15,17,19,22,25H,10-14,24H2,(H,26,27);1H. The molecule has 29 heavy (non-hydrogen) atoms. The van der Waals surface area contributed by atoms with Gasteiger partial charge in [-0.2, -0.15) is 0 Å². The first-order chi connectivity index (χ1) is 13.7. The lowest BCUT2D eigenvalue weighted by Crippen LogP contribution is -2.48. The molecule has 0 aliphatic carbocycles. The third-order valence-corrected chi connectivity index (χ3v) is 5.76. The molecule has 6 heteroatoms. The quantitative estimate of drug-likeness (QED) is 0.577. The zero-order valence-electron chi connectivity index (χ0n) is 16.3. The molecule has 0 bridgehead atoms. The van der Waals surface area contributed by atoms with Crippen LogP contribution in [0.25, 0.3) is 10.9 Å². The number of rotatable bonds is 6. The lowest BCUT2D eigenvalue weighted by Gasteiger charge is -2.27. The van der Waals surface area contributed by atoms with E-state index in [4.69, 9.17) is 10.5 Å². The number of nitrogens with one attached hydrogen (secondary N) is 2. The van der Waals surface area contributed by atoms with Crippen LogP contribution in [0.5, 0.6) is 0 Å². The number of para-hydroxylation sites is 1. The SMILES string of the molecule is Cl.NC(C(=O)NCC(c1ccccc1)c1c[nH]c2ccccc12)C1CCOCC1. The highest BCUT2D eigenvalue weighted by atomic mass is 35.5. The fourth-order valence-corrected chi connectivity index (χ4v) is 4.08. The highest BCUT2D eigenvalue weighted by molar-refractivity contribution is 5.85. The van der Waals surface area contributed by atoms with Gasteiger partial charge in [-0.05, 0) is 36.0 Å². The predicted octanol–water partition coefficient (Wildman–Crippen LogP) is 3.59. The molecule has 2 unspecified atom stereocenters. The van der Waals surface area contributed by atoms with Gasteiger partial charge >= 0.3 is 0 Å². The van der Waals surface area contributed by atoms with E-state index in [0.29, 0.717) is 19.8 Å². The first-order valence-electron chi connectivity index (χ1n) is 9.96. The monoisotopic (exact) mass is 413 g/mol. The molecule has 0 saturated carbocycles. The number of H-pyrrole nitrogens is 1. The van der Waals surface area contributed by atoms with Crippen LogP contribution in [0.2, 0.25) is 0 Å². The van der Waals surface area contributed by atoms with Gasteiger partial charge in [-0.1, -0.05) is 48.5 Å². The van der Waals surface area contributed by atoms with Crippen LogP contribution in [0.1, 0.15) is 29.9 Å². The van der Waals surface area contributed by atoms with Crippen LogP contribution in [0, 0.1) is 5.92 Å². The Hall–Kier alpha value is -2.34. The topological polar surface area (TPSA) is 80.1 Å². The summed E-state index contributed by atoms with van der Waals surface area (Å²) in [5.41, 5.74) is 9.71. The first kappa shape index (κ1) is 21.4. The summed E-state index contributed by atoms with van der Waals surface area (Å²) >= 11 is 0. The Balaban J connectivity index is 0.00000240. The number of aromatic nitrogens is 1. The van der Waals surface area contributed by atoms with Crippen LogP contribution in [0.3, 0.4) is 0 Å². The van der Waals surface area contributed by atoms with E-state index in [1.807, 2.05) is 36.5 Å². The van der Waals surface area contributed by atoms with Gasteiger partial charge in [0.15, 0.2) is 0 Å². The summed E-state index contributed by atoms with van der Waals surface area (Å²) in [6, 6.07) is 18.1. The van der Waals surface area contributed by atoms with Gasteiger partial charge in [-0.15, -0.1) is 12.4 Å². The molecule has 154 valence electrons. The molecule has 1 amide bonds. The van der Waals surface area contributed by atoms with Crippen molar-refractivity contribution in [2.24, 2.45) is 11.7 Å². The van der Waals surface area contributed by atoms with Crippen LogP contribution < -0.4 is 11.1 Å². The van der Waals surface area contributed by atoms with Gasteiger partial charge in [0.1, 0.15) is 0 Å². The number of halogens is 1. The average molecular weight is 414 g/mol. The number of benzene rings is 2. The molecular weight excluding hydrogens is 386 g/mol. The van der Waals surface area contributed by atoms with E-state index < -0.39 is 6.04 Å². The van der Waals surface area contributed by atoms with Crippen molar-refractivity contribution in [2.45, 2.75) is 24.8 Å². The Labute approximate surface area is 177 Å². The maximum Gasteiger partial charge on any atom is 0.237 e. The second-order valence-corrected chi connectivity index (χ2v) is 7.47. The minimum Gasteiger partial charge on any atom is -0.381 e. The van der Waals surface area contributed by atoms with E-state index in [-0.39, 0.29) is 30.2 Å². The number of ether oxygens (including phenoxy) is 1. The Morgan fingerprint density at radius 1 is 1.10 bits per heavy atom. The largest absolute Gasteiger partial charge is 0.381 e. The van der Waals surface area contributed by atoms with Crippen molar-refractivity contribution in [1.82, 2.24) is 10.3 Å². The van der Waals surface area contributed by atoms with Gasteiger partial charge in [0.25, 0.3) is 0 Å². The number of fused-ring (bicyclic) bond motifs is 1. The van der Waals surface area contributed by atoms with Crippen LogP contribution in [0.4, 0.5) is 0 Å². The number of carbonyl (C=O) groups is 1. The molecule has 1 saturated heterocycles. The first-order valence-corrected chi connectivity index (χ1v) is 9.96. The zero-order chi connectivity index (χ0) is 19.3. The summed E-state index contributed by atoms with van der Waals surface area (Å²) in [5, 5.41) is 4.29. The lowest BCUT2D eigenvalue weighted by atomic mass is 9.89. The summed E-state index contributed by atoms with van der Waals surface area (Å²) in [7, 11) is 0. The van der Waals surface area contributed by atoms with Crippen molar-refractivity contribution in [3.05, 3.63) is 71.9 Å². The van der Waals surface area contributed by atoms with Crippen LogP contribution in [-0.4, -0.2) is 36.7 Å². The number of hydrogen-bond acceptors (Lipinski definition) is 3. The summed E-state index contributed by atoms with van der Waals surface area (Å²) in [6.45, 7) is 1.89. The molecule has 2 aromatic carbocycles. The number of aromatic amines is 1. The second-order valence-electron chi connectivity index (χ2n) is 7.47. The maximum absolute atomic E-state index is 12.7. The normalized spacial score (nSPS) is 16.7. The van der Waals surface area contributed by atoms with Gasteiger partial charge in [-0.25, -0.2) is 0 Å². The Morgan fingerprint density at radius 2 is 1.79 bits per heavy atom. The highest BCUT2D eigenvalue weighted by Gasteiger charge is 2.27. The summed E-state index contributed by atoms with van der Waals surface area (Å²) < 4.78 is 5.38. The smallest absolute Gasteiger partial charge is 0.237 e. The van der Waals surface area contributed by atoms with Crippen molar-refractivity contribution in [3.8, 4) is 0 Å². The fourth-order valence-electron chi connectivity index (χ4n) is 4.08. The molecule has 4 rings (SSSR count). The Bertz CT molecular complexity index is 922. The molecule has 5 nitrogen and oxygen atoms in total. The maximum atomic E-state index is 12.7. The molecular formula is C23H28ClN3O2. The van der Waals surface area contributed by atoms with Crippen molar-refractivity contribution >= 4 is 29.2 Å². The predicted molar refractivity (Wildman–Crippen MR) is 118 cm³/mol. The third kappa shape index (κ3) is 4.81. The molecule has 2 atom stereocenters. The van der Waals surface area contributed by atoms with E-state index in [9.17, 15) is 4.79 Å². The molecule has 0 radical (unpaired) electrons. The van der Waals surface area contributed by atoms with E-state index in [0.717, 1.165) is 18.4 Å². The molecule has 1 aliphatic heterocycles. The summed E-state index contributed by atoms with van der Waals surface area (Å²) in [5.74, 6) is 0.174. The van der Waals surface area contributed by atoms with Crippen molar-refractivity contribution in [2.75, 3.05) is 19.8 Å². The molecule has 1 aliphatic rings. The van der Waals surface area contributed by atoms with Crippen LogP contribution in [0.15, 0.2) is 60.8 Å². The van der Waals surface area contributed by atoms with Crippen molar-refractivity contribution in [1.29, 1.82) is 0 Å². The fraction of sp³-hybridized carbons (Fsp3) is 0.348. The minimum atomic E-state index is -0.483. The van der Waals surface area contributed by atoms with Gasteiger partial charge < -0.3 is 20.8 Å². The van der Waals surface area contributed by atoms with E-state index in [1.165, 1.54) is 16.5 Å². The van der Waals surface area contributed by atoms with Crippen LogP contribution in [-0.2, 0) is 9.53 Å². The van der Waals surface area contributed by atoms with E-state index >= 15 is 0 Å². The average Bonchev–Trinajstić information content (AvgIpc) is 3.19. The van der Waals surface area contributed by atoms with Crippen LogP contribution >= 0.6 is 12.4 Å². The summed E-state index contributed by atoms with van der Waals surface area (Å²) in [6.07, 6.45) is 3.74. The minimum absolute atomic E-state index is 0. The number of hydrogen-bond donors (Lipinski definition) is 3. The van der Waals surface area contributed by atoms with E-state index in [1.54, 1.807) is 0 Å². The van der Waals surface area contributed by atoms with E-state index in [2.05, 4.69) is 34.6 Å².